The van der Waals surface area contributed by atoms with Crippen molar-refractivity contribution < 1.29 is 9.53 Å². The van der Waals surface area contributed by atoms with Gasteiger partial charge in [-0.1, -0.05) is 0 Å². The minimum absolute atomic E-state index is 0.0996. The summed E-state index contributed by atoms with van der Waals surface area (Å²) in [6, 6.07) is -0.105. The highest BCUT2D eigenvalue weighted by Gasteiger charge is 2.53. The minimum atomic E-state index is -0.387. The van der Waals surface area contributed by atoms with Gasteiger partial charge in [0.05, 0.1) is 0 Å². The Balaban J connectivity index is 1.97. The fraction of sp³-hybridized carbons (Fsp3) is 0.909. The highest BCUT2D eigenvalue weighted by atomic mass is 16.6. The zero-order chi connectivity index (χ0) is 11.1. The van der Waals surface area contributed by atoms with Gasteiger partial charge in [-0.05, 0) is 33.7 Å². The lowest BCUT2D eigenvalue weighted by Gasteiger charge is -2.46. The monoisotopic (exact) mass is 212 g/mol. The van der Waals surface area contributed by atoms with Gasteiger partial charge >= 0.3 is 5.97 Å². The van der Waals surface area contributed by atoms with E-state index in [1.54, 1.807) is 0 Å². The summed E-state index contributed by atoms with van der Waals surface area (Å²) in [5.74, 6) is -0.0996. The molecule has 2 aliphatic heterocycles. The maximum absolute atomic E-state index is 11.9. The maximum atomic E-state index is 11.9. The van der Waals surface area contributed by atoms with Crippen LogP contribution >= 0.6 is 0 Å². The van der Waals surface area contributed by atoms with Gasteiger partial charge in [-0.25, -0.2) is 0 Å². The predicted molar refractivity (Wildman–Crippen MR) is 57.6 cm³/mol. The van der Waals surface area contributed by atoms with E-state index in [2.05, 4.69) is 10.6 Å². The number of carbonyl (C=O) groups excluding carboxylic acids is 1. The van der Waals surface area contributed by atoms with Crippen molar-refractivity contribution in [3.05, 3.63) is 0 Å². The van der Waals surface area contributed by atoms with Crippen molar-refractivity contribution in [2.75, 3.05) is 19.6 Å². The normalized spacial score (nSPS) is 35.3. The Bertz CT molecular complexity index is 264. The second-order valence-electron chi connectivity index (χ2n) is 5.64. The zero-order valence-electron chi connectivity index (χ0n) is 9.72. The van der Waals surface area contributed by atoms with Gasteiger partial charge in [-0.15, -0.1) is 0 Å². The predicted octanol–water partition coefficient (Wildman–Crippen LogP) is 0.280. The molecular weight excluding hydrogens is 192 g/mol. The summed E-state index contributed by atoms with van der Waals surface area (Å²) in [5.41, 5.74) is -0.260. The average molecular weight is 212 g/mol. The number of esters is 1. The first-order chi connectivity index (χ1) is 6.93. The molecule has 2 N–H and O–H groups in total. The van der Waals surface area contributed by atoms with Gasteiger partial charge in [0.1, 0.15) is 11.6 Å². The Morgan fingerprint density at radius 2 is 2.13 bits per heavy atom. The Kier molecular flexibility index (Phi) is 2.51. The molecule has 1 spiro atoms. The Morgan fingerprint density at radius 3 is 2.53 bits per heavy atom. The molecule has 0 aromatic rings. The van der Waals surface area contributed by atoms with Gasteiger partial charge in [-0.3, -0.25) is 4.79 Å². The molecule has 0 aliphatic carbocycles. The molecule has 0 amide bonds. The van der Waals surface area contributed by atoms with E-state index in [9.17, 15) is 4.79 Å². The fourth-order valence-electron chi connectivity index (χ4n) is 2.35. The van der Waals surface area contributed by atoms with E-state index in [0.29, 0.717) is 0 Å². The van der Waals surface area contributed by atoms with Crippen LogP contribution in [0.25, 0.3) is 0 Å². The summed E-state index contributed by atoms with van der Waals surface area (Å²) < 4.78 is 5.40. The zero-order valence-corrected chi connectivity index (χ0v) is 9.72. The molecule has 2 heterocycles. The molecule has 2 atom stereocenters. The minimum Gasteiger partial charge on any atom is -0.459 e. The summed E-state index contributed by atoms with van der Waals surface area (Å²) in [4.78, 5) is 11.9. The van der Waals surface area contributed by atoms with Gasteiger partial charge < -0.3 is 15.4 Å². The molecule has 2 saturated heterocycles. The van der Waals surface area contributed by atoms with Crippen molar-refractivity contribution in [3.8, 4) is 0 Å². The lowest BCUT2D eigenvalue weighted by atomic mass is 9.73. The van der Waals surface area contributed by atoms with Crippen LogP contribution < -0.4 is 10.6 Å². The van der Waals surface area contributed by atoms with E-state index in [-0.39, 0.29) is 23.0 Å². The van der Waals surface area contributed by atoms with Crippen molar-refractivity contribution in [2.24, 2.45) is 5.41 Å². The number of carbonyl (C=O) groups is 1. The smallest absolute Gasteiger partial charge is 0.324 e. The van der Waals surface area contributed by atoms with E-state index < -0.39 is 0 Å². The lowest BCUT2D eigenvalue weighted by molar-refractivity contribution is -0.165. The second kappa shape index (κ2) is 3.46. The van der Waals surface area contributed by atoms with Crippen LogP contribution in [0.4, 0.5) is 0 Å². The van der Waals surface area contributed by atoms with Crippen LogP contribution in [0.3, 0.4) is 0 Å². The van der Waals surface area contributed by atoms with Gasteiger partial charge in [0, 0.05) is 18.5 Å². The summed E-state index contributed by atoms with van der Waals surface area (Å²) in [6.07, 6.45) is 1.07. The molecule has 0 aromatic heterocycles. The van der Waals surface area contributed by atoms with E-state index in [4.69, 9.17) is 4.74 Å². The van der Waals surface area contributed by atoms with Crippen LogP contribution in [0.15, 0.2) is 0 Å². The van der Waals surface area contributed by atoms with Crippen molar-refractivity contribution in [3.63, 3.8) is 0 Å². The highest BCUT2D eigenvalue weighted by Crippen LogP contribution is 2.36. The lowest BCUT2D eigenvalue weighted by Crippen LogP contribution is -2.67. The van der Waals surface area contributed by atoms with Crippen LogP contribution in [0.2, 0.25) is 0 Å². The summed E-state index contributed by atoms with van der Waals surface area (Å²) >= 11 is 0. The molecule has 2 aliphatic rings. The molecule has 4 nitrogen and oxygen atoms in total. The second-order valence-corrected chi connectivity index (χ2v) is 5.64. The van der Waals surface area contributed by atoms with Gasteiger partial charge in [0.2, 0.25) is 0 Å². The van der Waals surface area contributed by atoms with E-state index in [1.165, 1.54) is 0 Å². The van der Waals surface area contributed by atoms with Crippen LogP contribution in [-0.2, 0) is 9.53 Å². The third kappa shape index (κ3) is 2.01. The number of hydrogen-bond acceptors (Lipinski definition) is 4. The summed E-state index contributed by atoms with van der Waals surface area (Å²) in [6.45, 7) is 8.60. The molecule has 2 unspecified atom stereocenters. The molecule has 4 heteroatoms. The first-order valence-corrected chi connectivity index (χ1v) is 5.60. The van der Waals surface area contributed by atoms with E-state index in [0.717, 1.165) is 26.1 Å². The Morgan fingerprint density at radius 1 is 1.40 bits per heavy atom. The number of hydrogen-bond donors (Lipinski definition) is 2. The van der Waals surface area contributed by atoms with Crippen LogP contribution in [-0.4, -0.2) is 37.2 Å². The quantitative estimate of drug-likeness (QED) is 0.613. The third-order valence-corrected chi connectivity index (χ3v) is 3.19. The van der Waals surface area contributed by atoms with Crippen molar-refractivity contribution in [1.82, 2.24) is 10.6 Å². The van der Waals surface area contributed by atoms with E-state index in [1.807, 2.05) is 20.8 Å². The van der Waals surface area contributed by atoms with Crippen molar-refractivity contribution in [2.45, 2.75) is 38.8 Å². The molecule has 0 saturated carbocycles. The Labute approximate surface area is 90.8 Å². The standard InChI is InChI=1S/C11H20N2O2/c1-10(2,3)15-9(14)8-11(7-13-8)4-5-12-6-11/h8,12-13H,4-7H2,1-3H3. The van der Waals surface area contributed by atoms with Crippen LogP contribution in [0, 0.1) is 5.41 Å². The molecule has 0 aromatic carbocycles. The SMILES string of the molecule is CC(C)(C)OC(=O)C1NCC12CCNC2. The molecule has 86 valence electrons. The summed E-state index contributed by atoms with van der Waals surface area (Å²) in [5, 5.41) is 6.50. The average Bonchev–Trinajstić information content (AvgIpc) is 2.47. The fourth-order valence-corrected chi connectivity index (χ4v) is 2.35. The topological polar surface area (TPSA) is 50.4 Å². The molecule has 2 fully saturated rings. The van der Waals surface area contributed by atoms with Gasteiger partial charge in [0.25, 0.3) is 0 Å². The van der Waals surface area contributed by atoms with Crippen LogP contribution in [0.5, 0.6) is 0 Å². The van der Waals surface area contributed by atoms with Crippen molar-refractivity contribution >= 4 is 5.97 Å². The maximum Gasteiger partial charge on any atom is 0.324 e. The van der Waals surface area contributed by atoms with Gasteiger partial charge in [-0.2, -0.15) is 0 Å². The summed E-state index contributed by atoms with van der Waals surface area (Å²) in [7, 11) is 0. The third-order valence-electron chi connectivity index (χ3n) is 3.19. The van der Waals surface area contributed by atoms with E-state index >= 15 is 0 Å². The van der Waals surface area contributed by atoms with Crippen molar-refractivity contribution in [1.29, 1.82) is 0 Å². The Hall–Kier alpha value is -0.610. The van der Waals surface area contributed by atoms with Crippen LogP contribution in [0.1, 0.15) is 27.2 Å². The van der Waals surface area contributed by atoms with Gasteiger partial charge in [0.15, 0.2) is 0 Å². The number of ether oxygens (including phenoxy) is 1. The molecule has 15 heavy (non-hydrogen) atoms. The largest absolute Gasteiger partial charge is 0.459 e. The first-order valence-electron chi connectivity index (χ1n) is 5.60. The molecule has 2 rings (SSSR count). The molecule has 0 radical (unpaired) electrons. The first kappa shape index (κ1) is 10.9. The number of rotatable bonds is 1. The number of nitrogens with one attached hydrogen (secondary N) is 2. The molecular formula is C11H20N2O2. The molecule has 0 bridgehead atoms. The highest BCUT2D eigenvalue weighted by molar-refractivity contribution is 5.79.